The molecule has 0 radical (unpaired) electrons. The Bertz CT molecular complexity index is 1350. The molecule has 0 aromatic heterocycles. The molecule has 4 fully saturated rings. The van der Waals surface area contributed by atoms with Gasteiger partial charge in [-0.05, 0) is 110 Å². The van der Waals surface area contributed by atoms with Crippen LogP contribution in [0.3, 0.4) is 0 Å². The summed E-state index contributed by atoms with van der Waals surface area (Å²) in [4.78, 5) is 27.9. The Morgan fingerprint density at radius 2 is 1.11 bits per heavy atom. The Morgan fingerprint density at radius 1 is 0.659 bits per heavy atom. The summed E-state index contributed by atoms with van der Waals surface area (Å²) >= 11 is 0. The minimum absolute atomic E-state index is 0.0433. The van der Waals surface area contributed by atoms with Crippen LogP contribution in [0.1, 0.15) is 62.5 Å². The van der Waals surface area contributed by atoms with Crippen molar-refractivity contribution in [3.05, 3.63) is 89.7 Å². The van der Waals surface area contributed by atoms with Gasteiger partial charge in [0.1, 0.15) is 5.82 Å². The molecule has 0 spiro atoms. The molecule has 3 aromatic rings. The number of fused-ring (bicyclic) bond motifs is 2. The monoisotopic (exact) mass is 595 g/mol. The lowest BCUT2D eigenvalue weighted by molar-refractivity contribution is -0.118. The third kappa shape index (κ3) is 6.52. The molecular weight excluding hydrogens is 553 g/mol. The molecule has 44 heavy (non-hydrogen) atoms. The Morgan fingerprint density at radius 3 is 1.55 bits per heavy atom. The zero-order valence-corrected chi connectivity index (χ0v) is 25.1. The van der Waals surface area contributed by atoms with E-state index in [1.165, 1.54) is 50.7 Å². The molecule has 4 N–H and O–H groups in total. The second-order valence-electron chi connectivity index (χ2n) is 13.2. The van der Waals surface area contributed by atoms with Crippen LogP contribution in [-0.4, -0.2) is 36.0 Å². The quantitative estimate of drug-likeness (QED) is 0.245. The SMILES string of the molecule is O=C(Nc1ccc(CN(Cc2ccc(NC(=O)[C@@H]3C[C@@H]4CCC[C@@H]4N3)cc2)c2ccc(F)cc2)cc1)[C@@H]1C[C@@H]2CCC[C@@H]2N1. The number of nitrogens with zero attached hydrogens (tertiary/aromatic N) is 1. The molecule has 3 aromatic carbocycles. The van der Waals surface area contributed by atoms with E-state index in [0.29, 0.717) is 37.0 Å². The highest BCUT2D eigenvalue weighted by atomic mass is 19.1. The Balaban J connectivity index is 0.975. The molecule has 7 rings (SSSR count). The Labute approximate surface area is 259 Å². The van der Waals surface area contributed by atoms with E-state index >= 15 is 0 Å². The molecule has 4 aliphatic rings. The van der Waals surface area contributed by atoms with E-state index in [2.05, 4.69) is 26.2 Å². The average molecular weight is 596 g/mol. The molecule has 8 heteroatoms. The summed E-state index contributed by atoms with van der Waals surface area (Å²) in [5, 5.41) is 13.2. The first-order chi connectivity index (χ1) is 21.5. The summed E-state index contributed by atoms with van der Waals surface area (Å²) in [5.74, 6) is 1.09. The molecule has 2 aliphatic heterocycles. The van der Waals surface area contributed by atoms with Gasteiger partial charge in [0.2, 0.25) is 11.8 Å². The van der Waals surface area contributed by atoms with E-state index in [1.807, 2.05) is 48.5 Å². The molecule has 2 saturated carbocycles. The van der Waals surface area contributed by atoms with Crippen LogP contribution in [0.25, 0.3) is 0 Å². The van der Waals surface area contributed by atoms with Crippen LogP contribution in [0.4, 0.5) is 21.5 Å². The number of nitrogens with one attached hydrogen (secondary N) is 4. The van der Waals surface area contributed by atoms with Gasteiger partial charge in [-0.15, -0.1) is 0 Å². The fourth-order valence-corrected chi connectivity index (χ4v) is 7.88. The highest BCUT2D eigenvalue weighted by Crippen LogP contribution is 2.36. The maximum absolute atomic E-state index is 13.8. The number of rotatable bonds is 9. The first-order valence-corrected chi connectivity index (χ1v) is 16.3. The van der Waals surface area contributed by atoms with Gasteiger partial charge in [0, 0.05) is 42.2 Å². The molecular formula is C36H42FN5O2. The first-order valence-electron chi connectivity index (χ1n) is 16.3. The number of carbonyl (C=O) groups is 2. The molecule has 2 amide bonds. The highest BCUT2D eigenvalue weighted by Gasteiger charge is 2.40. The van der Waals surface area contributed by atoms with Gasteiger partial charge in [-0.3, -0.25) is 9.59 Å². The fraction of sp³-hybridized carbons (Fsp3) is 0.444. The van der Waals surface area contributed by atoms with Crippen LogP contribution in [0, 0.1) is 17.7 Å². The van der Waals surface area contributed by atoms with Gasteiger partial charge in [-0.2, -0.15) is 0 Å². The number of carbonyl (C=O) groups excluding carboxylic acids is 2. The van der Waals surface area contributed by atoms with Crippen molar-refractivity contribution in [3.63, 3.8) is 0 Å². The topological polar surface area (TPSA) is 85.5 Å². The van der Waals surface area contributed by atoms with Gasteiger partial charge < -0.3 is 26.2 Å². The number of benzene rings is 3. The van der Waals surface area contributed by atoms with E-state index in [4.69, 9.17) is 0 Å². The van der Waals surface area contributed by atoms with E-state index in [-0.39, 0.29) is 29.7 Å². The van der Waals surface area contributed by atoms with E-state index in [1.54, 1.807) is 12.1 Å². The van der Waals surface area contributed by atoms with Gasteiger partial charge >= 0.3 is 0 Å². The van der Waals surface area contributed by atoms with Gasteiger partial charge in [0.05, 0.1) is 12.1 Å². The zero-order chi connectivity index (χ0) is 30.0. The van der Waals surface area contributed by atoms with Crippen molar-refractivity contribution in [1.82, 2.24) is 10.6 Å². The molecule has 6 atom stereocenters. The maximum Gasteiger partial charge on any atom is 0.241 e. The summed E-state index contributed by atoms with van der Waals surface area (Å²) in [6.45, 7) is 1.23. The lowest BCUT2D eigenvalue weighted by Gasteiger charge is -2.25. The summed E-state index contributed by atoms with van der Waals surface area (Å²) in [6, 6.07) is 23.3. The number of hydrogen-bond donors (Lipinski definition) is 4. The highest BCUT2D eigenvalue weighted by molar-refractivity contribution is 5.95. The van der Waals surface area contributed by atoms with E-state index in [9.17, 15) is 14.0 Å². The van der Waals surface area contributed by atoms with Crippen LogP contribution >= 0.6 is 0 Å². The second-order valence-corrected chi connectivity index (χ2v) is 13.2. The van der Waals surface area contributed by atoms with Gasteiger partial charge in [-0.1, -0.05) is 37.1 Å². The van der Waals surface area contributed by atoms with Crippen LogP contribution < -0.4 is 26.2 Å². The molecule has 2 saturated heterocycles. The first kappa shape index (κ1) is 29.0. The van der Waals surface area contributed by atoms with Crippen LogP contribution in [0.15, 0.2) is 72.8 Å². The van der Waals surface area contributed by atoms with Crippen LogP contribution in [0.2, 0.25) is 0 Å². The fourth-order valence-electron chi connectivity index (χ4n) is 7.88. The summed E-state index contributed by atoms with van der Waals surface area (Å²) in [7, 11) is 0. The van der Waals surface area contributed by atoms with Gasteiger partial charge in [0.25, 0.3) is 0 Å². The van der Waals surface area contributed by atoms with Crippen molar-refractivity contribution in [1.29, 1.82) is 0 Å². The molecule has 2 heterocycles. The van der Waals surface area contributed by atoms with Gasteiger partial charge in [0.15, 0.2) is 0 Å². The number of anilines is 3. The van der Waals surface area contributed by atoms with Gasteiger partial charge in [-0.25, -0.2) is 4.39 Å². The largest absolute Gasteiger partial charge is 0.363 e. The lowest BCUT2D eigenvalue weighted by Crippen LogP contribution is -2.38. The summed E-state index contributed by atoms with van der Waals surface area (Å²) in [6.07, 6.45) is 9.16. The Kier molecular flexibility index (Phi) is 8.37. The molecule has 0 unspecified atom stereocenters. The second kappa shape index (κ2) is 12.7. The van der Waals surface area contributed by atoms with E-state index in [0.717, 1.165) is 41.0 Å². The minimum atomic E-state index is -0.269. The number of halogens is 1. The average Bonchev–Trinajstić information content (AvgIpc) is 3.81. The molecule has 2 aliphatic carbocycles. The van der Waals surface area contributed by atoms with Crippen LogP contribution in [-0.2, 0) is 22.7 Å². The number of amides is 2. The predicted molar refractivity (Wildman–Crippen MR) is 172 cm³/mol. The zero-order valence-electron chi connectivity index (χ0n) is 25.1. The third-order valence-electron chi connectivity index (χ3n) is 10.2. The number of hydrogen-bond acceptors (Lipinski definition) is 5. The van der Waals surface area contributed by atoms with Crippen molar-refractivity contribution >= 4 is 28.9 Å². The molecule has 0 bridgehead atoms. The summed E-state index contributed by atoms with van der Waals surface area (Å²) < 4.78 is 13.8. The van der Waals surface area contributed by atoms with Crippen molar-refractivity contribution in [2.45, 2.75) is 88.6 Å². The Hall–Kier alpha value is -3.75. The normalized spacial score (nSPS) is 27.1. The molecule has 230 valence electrons. The van der Waals surface area contributed by atoms with Crippen molar-refractivity contribution in [2.75, 3.05) is 15.5 Å². The smallest absolute Gasteiger partial charge is 0.241 e. The van der Waals surface area contributed by atoms with Crippen molar-refractivity contribution < 1.29 is 14.0 Å². The predicted octanol–water partition coefficient (Wildman–Crippen LogP) is 5.97. The van der Waals surface area contributed by atoms with Crippen LogP contribution in [0.5, 0.6) is 0 Å². The summed E-state index contributed by atoms with van der Waals surface area (Å²) in [5.41, 5.74) is 4.66. The van der Waals surface area contributed by atoms with E-state index < -0.39 is 0 Å². The minimum Gasteiger partial charge on any atom is -0.363 e. The standard InChI is InChI=1S/C36H42FN5O2/c37-27-11-17-30(18-12-27)42(21-23-7-13-28(14-8-23)38-35(43)33-19-25-3-1-5-31(25)40-33)22-24-9-15-29(16-10-24)39-36(44)34-20-26-4-2-6-32(26)41-34/h7-18,25-26,31-34,40-41H,1-6,19-22H2,(H,38,43)(H,39,44)/t25-,26-,31-,32-,33-,34-/m0/s1. The van der Waals surface area contributed by atoms with Crippen molar-refractivity contribution in [2.24, 2.45) is 11.8 Å². The maximum atomic E-state index is 13.8. The van der Waals surface area contributed by atoms with Crippen molar-refractivity contribution in [3.8, 4) is 0 Å². The lowest BCUT2D eigenvalue weighted by atomic mass is 10.0. The third-order valence-corrected chi connectivity index (χ3v) is 10.2. The molecule has 7 nitrogen and oxygen atoms in total.